The van der Waals surface area contributed by atoms with E-state index in [2.05, 4.69) is 16.7 Å². The Kier molecular flexibility index (Phi) is 5.05. The largest absolute Gasteiger partial charge is 0.354 e. The standard InChI is InChI=1S/C14H24N2O/c17-14(13-8-4-5-10-15-13)16-11-9-12-6-2-1-3-7-12/h6,13,15H,1-5,7-11H2,(H,16,17)/t13-/m0/s1. The van der Waals surface area contributed by atoms with Gasteiger partial charge in [-0.2, -0.15) is 0 Å². The van der Waals surface area contributed by atoms with Gasteiger partial charge in [-0.25, -0.2) is 0 Å². The number of carbonyl (C=O) groups excluding carboxylic acids is 1. The summed E-state index contributed by atoms with van der Waals surface area (Å²) in [5, 5.41) is 6.34. The Morgan fingerprint density at radius 3 is 3.00 bits per heavy atom. The third-order valence-electron chi connectivity index (χ3n) is 3.76. The fourth-order valence-electron chi connectivity index (χ4n) is 2.68. The summed E-state index contributed by atoms with van der Waals surface area (Å²) >= 11 is 0. The van der Waals surface area contributed by atoms with Crippen molar-refractivity contribution in [3.05, 3.63) is 11.6 Å². The van der Waals surface area contributed by atoms with Gasteiger partial charge in [0.05, 0.1) is 6.04 Å². The number of rotatable bonds is 4. The molecule has 1 amide bonds. The third kappa shape index (κ3) is 4.15. The summed E-state index contributed by atoms with van der Waals surface area (Å²) in [6, 6.07) is 0.0593. The van der Waals surface area contributed by atoms with Gasteiger partial charge in [-0.1, -0.05) is 18.1 Å². The Balaban J connectivity index is 1.63. The van der Waals surface area contributed by atoms with Crippen LogP contribution in [0.3, 0.4) is 0 Å². The monoisotopic (exact) mass is 236 g/mol. The average molecular weight is 236 g/mol. The zero-order valence-corrected chi connectivity index (χ0v) is 10.6. The Morgan fingerprint density at radius 2 is 2.29 bits per heavy atom. The molecule has 0 aromatic heterocycles. The maximum Gasteiger partial charge on any atom is 0.237 e. The molecular formula is C14H24N2O. The van der Waals surface area contributed by atoms with Crippen LogP contribution in [-0.2, 0) is 4.79 Å². The minimum Gasteiger partial charge on any atom is -0.354 e. The first-order chi connectivity index (χ1) is 8.36. The molecule has 1 aliphatic carbocycles. The predicted molar refractivity (Wildman–Crippen MR) is 69.8 cm³/mol. The highest BCUT2D eigenvalue weighted by atomic mass is 16.2. The topological polar surface area (TPSA) is 41.1 Å². The lowest BCUT2D eigenvalue weighted by molar-refractivity contribution is -0.123. The van der Waals surface area contributed by atoms with Crippen LogP contribution in [0.4, 0.5) is 0 Å². The van der Waals surface area contributed by atoms with Gasteiger partial charge in [0.1, 0.15) is 0 Å². The van der Waals surface area contributed by atoms with E-state index in [0.717, 1.165) is 25.9 Å². The first kappa shape index (κ1) is 12.6. The highest BCUT2D eigenvalue weighted by Gasteiger charge is 2.19. The first-order valence-corrected chi connectivity index (χ1v) is 7.05. The molecule has 0 unspecified atom stereocenters. The number of allylic oxidation sites excluding steroid dienone is 1. The molecule has 1 fully saturated rings. The van der Waals surface area contributed by atoms with E-state index in [1.165, 1.54) is 44.1 Å². The van der Waals surface area contributed by atoms with E-state index in [0.29, 0.717) is 0 Å². The number of hydrogen-bond acceptors (Lipinski definition) is 2. The highest BCUT2D eigenvalue weighted by molar-refractivity contribution is 5.81. The molecule has 1 heterocycles. The second-order valence-electron chi connectivity index (χ2n) is 5.15. The smallest absolute Gasteiger partial charge is 0.237 e. The van der Waals surface area contributed by atoms with E-state index in [1.807, 2.05) is 0 Å². The van der Waals surface area contributed by atoms with Gasteiger partial charge < -0.3 is 10.6 Å². The molecular weight excluding hydrogens is 212 g/mol. The van der Waals surface area contributed by atoms with Gasteiger partial charge in [0.25, 0.3) is 0 Å². The molecule has 2 N–H and O–H groups in total. The lowest BCUT2D eigenvalue weighted by Crippen LogP contribution is -2.46. The third-order valence-corrected chi connectivity index (χ3v) is 3.76. The van der Waals surface area contributed by atoms with Crippen molar-refractivity contribution in [2.75, 3.05) is 13.1 Å². The van der Waals surface area contributed by atoms with Gasteiger partial charge in [-0.05, 0) is 51.5 Å². The molecule has 17 heavy (non-hydrogen) atoms. The lowest BCUT2D eigenvalue weighted by atomic mass is 9.97. The van der Waals surface area contributed by atoms with Crippen molar-refractivity contribution < 1.29 is 4.79 Å². The number of amides is 1. The molecule has 2 rings (SSSR count). The van der Waals surface area contributed by atoms with Crippen molar-refractivity contribution >= 4 is 5.91 Å². The van der Waals surface area contributed by atoms with Gasteiger partial charge >= 0.3 is 0 Å². The number of piperidine rings is 1. The molecule has 3 nitrogen and oxygen atoms in total. The summed E-state index contributed by atoms with van der Waals surface area (Å²) in [4.78, 5) is 11.8. The Hall–Kier alpha value is -0.830. The normalized spacial score (nSPS) is 25.2. The van der Waals surface area contributed by atoms with Crippen molar-refractivity contribution in [2.45, 2.75) is 57.4 Å². The summed E-state index contributed by atoms with van der Waals surface area (Å²) in [5.74, 6) is 0.195. The van der Waals surface area contributed by atoms with Gasteiger partial charge in [0.15, 0.2) is 0 Å². The first-order valence-electron chi connectivity index (χ1n) is 7.05. The van der Waals surface area contributed by atoms with E-state index < -0.39 is 0 Å². The summed E-state index contributed by atoms with van der Waals surface area (Å²) in [6.07, 6.45) is 11.9. The van der Waals surface area contributed by atoms with E-state index >= 15 is 0 Å². The average Bonchev–Trinajstić information content (AvgIpc) is 2.41. The molecule has 0 aromatic rings. The SMILES string of the molecule is O=C(NCCC1=CCCCC1)[C@@H]1CCCCN1. The molecule has 0 aromatic carbocycles. The van der Waals surface area contributed by atoms with Gasteiger partial charge in [0.2, 0.25) is 5.91 Å². The second kappa shape index (κ2) is 6.80. The van der Waals surface area contributed by atoms with Crippen molar-refractivity contribution in [3.8, 4) is 0 Å². The van der Waals surface area contributed by atoms with E-state index in [1.54, 1.807) is 0 Å². The maximum absolute atomic E-state index is 11.8. The zero-order valence-electron chi connectivity index (χ0n) is 10.6. The summed E-state index contributed by atoms with van der Waals surface area (Å²) in [5.41, 5.74) is 1.54. The molecule has 2 aliphatic rings. The molecule has 0 radical (unpaired) electrons. The molecule has 0 saturated carbocycles. The van der Waals surface area contributed by atoms with Crippen molar-refractivity contribution in [1.29, 1.82) is 0 Å². The zero-order chi connectivity index (χ0) is 11.9. The van der Waals surface area contributed by atoms with Crippen molar-refractivity contribution in [1.82, 2.24) is 10.6 Å². The van der Waals surface area contributed by atoms with Crippen LogP contribution < -0.4 is 10.6 Å². The van der Waals surface area contributed by atoms with Crippen LogP contribution in [0.15, 0.2) is 11.6 Å². The number of hydrogen-bond donors (Lipinski definition) is 2. The Morgan fingerprint density at radius 1 is 1.35 bits per heavy atom. The fourth-order valence-corrected chi connectivity index (χ4v) is 2.68. The van der Waals surface area contributed by atoms with Gasteiger partial charge in [-0.3, -0.25) is 4.79 Å². The molecule has 1 aliphatic heterocycles. The van der Waals surface area contributed by atoms with Crippen LogP contribution in [0.5, 0.6) is 0 Å². The summed E-state index contributed by atoms with van der Waals surface area (Å²) < 4.78 is 0. The predicted octanol–water partition coefficient (Wildman–Crippen LogP) is 2.14. The van der Waals surface area contributed by atoms with Crippen LogP contribution in [-0.4, -0.2) is 25.0 Å². The molecule has 3 heteroatoms. The Labute approximate surface area is 104 Å². The van der Waals surface area contributed by atoms with Gasteiger partial charge in [0, 0.05) is 6.54 Å². The minimum absolute atomic E-state index is 0.0593. The summed E-state index contributed by atoms with van der Waals surface area (Å²) in [6.45, 7) is 1.80. The van der Waals surface area contributed by atoms with E-state index in [4.69, 9.17) is 0 Å². The molecule has 0 spiro atoms. The van der Waals surface area contributed by atoms with Crippen LogP contribution in [0.25, 0.3) is 0 Å². The second-order valence-corrected chi connectivity index (χ2v) is 5.15. The number of carbonyl (C=O) groups is 1. The van der Waals surface area contributed by atoms with Crippen molar-refractivity contribution in [2.24, 2.45) is 0 Å². The van der Waals surface area contributed by atoms with E-state index in [-0.39, 0.29) is 11.9 Å². The van der Waals surface area contributed by atoms with Crippen LogP contribution in [0.2, 0.25) is 0 Å². The molecule has 0 bridgehead atoms. The van der Waals surface area contributed by atoms with Crippen LogP contribution >= 0.6 is 0 Å². The minimum atomic E-state index is 0.0593. The van der Waals surface area contributed by atoms with Crippen LogP contribution in [0, 0.1) is 0 Å². The maximum atomic E-state index is 11.8. The highest BCUT2D eigenvalue weighted by Crippen LogP contribution is 2.19. The van der Waals surface area contributed by atoms with Crippen LogP contribution in [0.1, 0.15) is 51.4 Å². The Bertz CT molecular complexity index is 280. The molecule has 96 valence electrons. The van der Waals surface area contributed by atoms with Crippen molar-refractivity contribution in [3.63, 3.8) is 0 Å². The molecule has 1 saturated heterocycles. The number of nitrogens with one attached hydrogen (secondary N) is 2. The van der Waals surface area contributed by atoms with E-state index in [9.17, 15) is 4.79 Å². The molecule has 1 atom stereocenters. The lowest BCUT2D eigenvalue weighted by Gasteiger charge is -2.22. The fraction of sp³-hybridized carbons (Fsp3) is 0.786. The summed E-state index contributed by atoms with van der Waals surface area (Å²) in [7, 11) is 0. The quantitative estimate of drug-likeness (QED) is 0.734. The van der Waals surface area contributed by atoms with Gasteiger partial charge in [-0.15, -0.1) is 0 Å².